The molecule has 1 aliphatic heterocycles. The van der Waals surface area contributed by atoms with E-state index in [1.807, 2.05) is 62.4 Å². The zero-order chi connectivity index (χ0) is 23.1. The molecule has 1 saturated heterocycles. The van der Waals surface area contributed by atoms with Crippen LogP contribution in [0.4, 0.5) is 10.5 Å². The summed E-state index contributed by atoms with van der Waals surface area (Å²) in [7, 11) is 0. The molecule has 3 N–H and O–H groups in total. The summed E-state index contributed by atoms with van der Waals surface area (Å²) in [6.07, 6.45) is 1.78. The lowest BCUT2D eigenvalue weighted by molar-refractivity contribution is -0.128. The molecular weight excluding hydrogens is 404 g/mol. The Kier molecular flexibility index (Phi) is 7.87. The molecule has 0 aliphatic carbocycles. The number of hydrogen-bond acceptors (Lipinski definition) is 3. The molecule has 1 atom stereocenters. The van der Waals surface area contributed by atoms with E-state index in [1.54, 1.807) is 4.90 Å². The van der Waals surface area contributed by atoms with Crippen LogP contribution < -0.4 is 16.0 Å². The summed E-state index contributed by atoms with van der Waals surface area (Å²) in [5.74, 6) is -0.427. The second-order valence-electron chi connectivity index (χ2n) is 8.51. The first kappa shape index (κ1) is 23.3. The van der Waals surface area contributed by atoms with Gasteiger partial charge in [-0.2, -0.15) is 0 Å². The Bertz CT molecular complexity index is 950. The number of carbonyl (C=O) groups is 3. The number of urea groups is 1. The number of likely N-dealkylation sites (tertiary alicyclic amines) is 1. The van der Waals surface area contributed by atoms with Gasteiger partial charge < -0.3 is 20.9 Å². The molecule has 0 bridgehead atoms. The first-order valence-electron chi connectivity index (χ1n) is 11.1. The van der Waals surface area contributed by atoms with E-state index in [0.29, 0.717) is 32.4 Å². The van der Waals surface area contributed by atoms with Gasteiger partial charge in [-0.05, 0) is 49.9 Å². The highest BCUT2D eigenvalue weighted by molar-refractivity contribution is 5.89. The SMILES string of the molecule is CC(=O)NC(Cc1ccc(C)cc1)C(=O)NC1CCN(C(=O)Nc2cccc(C)c2)CC1. The van der Waals surface area contributed by atoms with Crippen LogP contribution in [-0.4, -0.2) is 47.9 Å². The van der Waals surface area contributed by atoms with Gasteiger partial charge in [0.15, 0.2) is 0 Å². The van der Waals surface area contributed by atoms with Crippen molar-refractivity contribution in [3.63, 3.8) is 0 Å². The average Bonchev–Trinajstić information content (AvgIpc) is 2.75. The maximum atomic E-state index is 12.9. The van der Waals surface area contributed by atoms with Crippen LogP contribution in [0, 0.1) is 13.8 Å². The number of hydrogen-bond donors (Lipinski definition) is 3. The first-order valence-corrected chi connectivity index (χ1v) is 11.1. The molecule has 1 fully saturated rings. The van der Waals surface area contributed by atoms with E-state index in [4.69, 9.17) is 0 Å². The predicted octanol–water partition coefficient (Wildman–Crippen LogP) is 3.16. The molecule has 2 aromatic rings. The minimum Gasteiger partial charge on any atom is -0.351 e. The van der Waals surface area contributed by atoms with Gasteiger partial charge >= 0.3 is 6.03 Å². The lowest BCUT2D eigenvalue weighted by Crippen LogP contribution is -2.53. The van der Waals surface area contributed by atoms with Gasteiger partial charge in [0.1, 0.15) is 6.04 Å². The fraction of sp³-hybridized carbons (Fsp3) is 0.400. The molecule has 0 saturated carbocycles. The second-order valence-corrected chi connectivity index (χ2v) is 8.51. The van der Waals surface area contributed by atoms with Crippen molar-refractivity contribution in [3.8, 4) is 0 Å². The van der Waals surface area contributed by atoms with Crippen molar-refractivity contribution in [1.29, 1.82) is 0 Å². The van der Waals surface area contributed by atoms with Gasteiger partial charge in [0.2, 0.25) is 11.8 Å². The van der Waals surface area contributed by atoms with Crippen LogP contribution in [0.1, 0.15) is 36.5 Å². The topological polar surface area (TPSA) is 90.5 Å². The monoisotopic (exact) mass is 436 g/mol. The highest BCUT2D eigenvalue weighted by Crippen LogP contribution is 2.15. The summed E-state index contributed by atoms with van der Waals surface area (Å²) in [4.78, 5) is 38.8. The Morgan fingerprint density at radius 1 is 1.00 bits per heavy atom. The first-order chi connectivity index (χ1) is 15.3. The third-order valence-electron chi connectivity index (χ3n) is 5.65. The summed E-state index contributed by atoms with van der Waals surface area (Å²) < 4.78 is 0. The standard InChI is InChI=1S/C25H32N4O3/c1-17-7-9-20(10-8-17)16-23(26-19(3)30)24(31)27-21-11-13-29(14-12-21)25(32)28-22-6-4-5-18(2)15-22/h4-10,15,21,23H,11-14,16H2,1-3H3,(H,26,30)(H,27,31)(H,28,32). The van der Waals surface area contributed by atoms with E-state index in [1.165, 1.54) is 6.92 Å². The Hall–Kier alpha value is -3.35. The number of benzene rings is 2. The van der Waals surface area contributed by atoms with Gasteiger partial charge in [-0.3, -0.25) is 9.59 Å². The van der Waals surface area contributed by atoms with E-state index >= 15 is 0 Å². The minimum absolute atomic E-state index is 0.0280. The number of carbonyl (C=O) groups excluding carboxylic acids is 3. The number of rotatable bonds is 6. The molecule has 7 nitrogen and oxygen atoms in total. The Balaban J connectivity index is 1.51. The number of aryl methyl sites for hydroxylation is 2. The molecule has 2 aromatic carbocycles. The van der Waals surface area contributed by atoms with Gasteiger partial charge in [-0.15, -0.1) is 0 Å². The van der Waals surface area contributed by atoms with Crippen molar-refractivity contribution < 1.29 is 14.4 Å². The van der Waals surface area contributed by atoms with E-state index in [0.717, 1.165) is 22.4 Å². The fourth-order valence-electron chi connectivity index (χ4n) is 3.87. The van der Waals surface area contributed by atoms with Crippen molar-refractivity contribution >= 4 is 23.5 Å². The van der Waals surface area contributed by atoms with Gasteiger partial charge in [0.05, 0.1) is 0 Å². The number of nitrogens with one attached hydrogen (secondary N) is 3. The molecule has 1 aliphatic rings. The van der Waals surface area contributed by atoms with Crippen molar-refractivity contribution in [2.24, 2.45) is 0 Å². The van der Waals surface area contributed by atoms with Gasteiger partial charge in [0.25, 0.3) is 0 Å². The Morgan fingerprint density at radius 2 is 1.69 bits per heavy atom. The van der Waals surface area contributed by atoms with Gasteiger partial charge in [0, 0.05) is 38.2 Å². The molecule has 32 heavy (non-hydrogen) atoms. The number of nitrogens with zero attached hydrogens (tertiary/aromatic N) is 1. The molecule has 4 amide bonds. The van der Waals surface area contributed by atoms with Crippen molar-refractivity contribution in [1.82, 2.24) is 15.5 Å². The quantitative estimate of drug-likeness (QED) is 0.650. The fourth-order valence-corrected chi connectivity index (χ4v) is 3.87. The smallest absolute Gasteiger partial charge is 0.321 e. The summed E-state index contributed by atoms with van der Waals surface area (Å²) in [5.41, 5.74) is 4.00. The third-order valence-corrected chi connectivity index (χ3v) is 5.65. The highest BCUT2D eigenvalue weighted by Gasteiger charge is 2.27. The van der Waals surface area contributed by atoms with Crippen LogP contribution in [0.2, 0.25) is 0 Å². The van der Waals surface area contributed by atoms with Crippen molar-refractivity contribution in [2.45, 2.75) is 52.1 Å². The van der Waals surface area contributed by atoms with Crippen LogP contribution in [0.5, 0.6) is 0 Å². The molecule has 1 heterocycles. The van der Waals surface area contributed by atoms with E-state index in [9.17, 15) is 14.4 Å². The number of anilines is 1. The van der Waals surface area contributed by atoms with E-state index in [-0.39, 0.29) is 23.9 Å². The van der Waals surface area contributed by atoms with Gasteiger partial charge in [-0.1, -0.05) is 42.0 Å². The predicted molar refractivity (Wildman–Crippen MR) is 125 cm³/mol. The molecule has 0 spiro atoms. The number of piperidine rings is 1. The second kappa shape index (κ2) is 10.8. The minimum atomic E-state index is -0.627. The molecule has 0 radical (unpaired) electrons. The van der Waals surface area contributed by atoms with E-state index < -0.39 is 6.04 Å². The van der Waals surface area contributed by atoms with Crippen molar-refractivity contribution in [2.75, 3.05) is 18.4 Å². The highest BCUT2D eigenvalue weighted by atomic mass is 16.2. The molecule has 170 valence electrons. The molecule has 0 aromatic heterocycles. The molecule has 1 unspecified atom stereocenters. The zero-order valence-corrected chi connectivity index (χ0v) is 19.0. The lowest BCUT2D eigenvalue weighted by Gasteiger charge is -2.33. The van der Waals surface area contributed by atoms with Crippen LogP contribution in [0.15, 0.2) is 48.5 Å². The third kappa shape index (κ3) is 6.83. The summed E-state index contributed by atoms with van der Waals surface area (Å²) in [5, 5.41) is 8.76. The summed E-state index contributed by atoms with van der Waals surface area (Å²) in [6, 6.07) is 14.9. The maximum Gasteiger partial charge on any atom is 0.321 e. The average molecular weight is 437 g/mol. The lowest BCUT2D eigenvalue weighted by atomic mass is 10.0. The van der Waals surface area contributed by atoms with Crippen LogP contribution >= 0.6 is 0 Å². The Morgan fingerprint density at radius 3 is 2.31 bits per heavy atom. The zero-order valence-electron chi connectivity index (χ0n) is 19.0. The summed E-state index contributed by atoms with van der Waals surface area (Å²) in [6.45, 7) is 6.53. The molecular formula is C25H32N4O3. The molecule has 3 rings (SSSR count). The van der Waals surface area contributed by atoms with Crippen LogP contribution in [0.25, 0.3) is 0 Å². The summed E-state index contributed by atoms with van der Waals surface area (Å²) >= 11 is 0. The number of amides is 4. The van der Waals surface area contributed by atoms with Crippen molar-refractivity contribution in [3.05, 3.63) is 65.2 Å². The Labute approximate surface area is 189 Å². The largest absolute Gasteiger partial charge is 0.351 e. The van der Waals surface area contributed by atoms with Gasteiger partial charge in [-0.25, -0.2) is 4.79 Å². The molecule has 7 heteroatoms. The van der Waals surface area contributed by atoms with E-state index in [2.05, 4.69) is 16.0 Å². The maximum absolute atomic E-state index is 12.9. The normalized spacial score (nSPS) is 15.0. The van der Waals surface area contributed by atoms with Crippen LogP contribution in [0.3, 0.4) is 0 Å². The van der Waals surface area contributed by atoms with Crippen LogP contribution in [-0.2, 0) is 16.0 Å².